The highest BCUT2D eigenvalue weighted by molar-refractivity contribution is 7.80. The Hall–Kier alpha value is -3.18. The summed E-state index contributed by atoms with van der Waals surface area (Å²) in [5, 5.41) is 0.744. The fraction of sp³-hybridized carbons (Fsp3) is 0.0476. The van der Waals surface area contributed by atoms with Gasteiger partial charge in [-0.25, -0.2) is 4.98 Å². The fourth-order valence-electron chi connectivity index (χ4n) is 3.02. The van der Waals surface area contributed by atoms with Crippen molar-refractivity contribution in [3.05, 3.63) is 72.5 Å². The van der Waals surface area contributed by atoms with Gasteiger partial charge in [-0.3, -0.25) is 0 Å². The molecule has 0 atom stereocenters. The first-order valence-corrected chi connectivity index (χ1v) is 8.52. The molecule has 0 aliphatic carbocycles. The molecule has 0 saturated heterocycles. The largest absolute Gasteiger partial charge is 0.492 e. The van der Waals surface area contributed by atoms with E-state index < -0.39 is 0 Å². The molecule has 2 aromatic heterocycles. The molecule has 0 bridgehead atoms. The molecular formula is C21H16N2O2S. The van der Waals surface area contributed by atoms with Gasteiger partial charge in [0.1, 0.15) is 4.99 Å². The molecule has 0 unspecified atom stereocenters. The van der Waals surface area contributed by atoms with E-state index in [4.69, 9.17) is 32.1 Å². The molecule has 5 heteroatoms. The van der Waals surface area contributed by atoms with E-state index in [1.54, 1.807) is 7.11 Å². The van der Waals surface area contributed by atoms with Gasteiger partial charge in [0.2, 0.25) is 11.5 Å². The lowest BCUT2D eigenvalue weighted by atomic mass is 9.98. The molecule has 2 aromatic carbocycles. The third-order valence-electron chi connectivity index (χ3n) is 4.20. The SMILES string of the molecule is COc1c(C(N)=S)oc2nc(-c3ccccc3)c(-c3ccccc3)cc12. The maximum absolute atomic E-state index is 5.80. The van der Waals surface area contributed by atoms with Crippen molar-refractivity contribution in [1.82, 2.24) is 4.98 Å². The number of nitrogens with zero attached hydrogens (tertiary/aromatic N) is 1. The van der Waals surface area contributed by atoms with Gasteiger partial charge in [0, 0.05) is 11.1 Å². The number of thiocarbonyl (C=S) groups is 1. The number of nitrogens with two attached hydrogens (primary N) is 1. The van der Waals surface area contributed by atoms with E-state index in [0.29, 0.717) is 17.2 Å². The van der Waals surface area contributed by atoms with E-state index in [9.17, 15) is 0 Å². The van der Waals surface area contributed by atoms with Crippen LogP contribution in [0.15, 0.2) is 71.1 Å². The van der Waals surface area contributed by atoms with Gasteiger partial charge in [0.15, 0.2) is 5.75 Å². The Morgan fingerprint density at radius 1 is 1.00 bits per heavy atom. The van der Waals surface area contributed by atoms with Crippen LogP contribution >= 0.6 is 12.2 Å². The van der Waals surface area contributed by atoms with E-state index >= 15 is 0 Å². The zero-order valence-electron chi connectivity index (χ0n) is 14.1. The number of aromatic nitrogens is 1. The number of methoxy groups -OCH3 is 1. The van der Waals surface area contributed by atoms with E-state index in [2.05, 4.69) is 12.1 Å². The van der Waals surface area contributed by atoms with Crippen molar-refractivity contribution in [1.29, 1.82) is 0 Å². The molecule has 0 aliphatic heterocycles. The summed E-state index contributed by atoms with van der Waals surface area (Å²) in [6.07, 6.45) is 0. The second kappa shape index (κ2) is 6.61. The first-order chi connectivity index (χ1) is 12.7. The topological polar surface area (TPSA) is 61.3 Å². The van der Waals surface area contributed by atoms with Crippen molar-refractivity contribution >= 4 is 28.3 Å². The Morgan fingerprint density at radius 3 is 2.19 bits per heavy atom. The van der Waals surface area contributed by atoms with Crippen molar-refractivity contribution in [3.63, 3.8) is 0 Å². The quantitative estimate of drug-likeness (QED) is 0.530. The average molecular weight is 360 g/mol. The van der Waals surface area contributed by atoms with Crippen LogP contribution in [0.2, 0.25) is 0 Å². The molecule has 4 aromatic rings. The van der Waals surface area contributed by atoms with Crippen molar-refractivity contribution in [2.24, 2.45) is 5.73 Å². The Kier molecular flexibility index (Phi) is 4.14. The van der Waals surface area contributed by atoms with Gasteiger partial charge in [-0.1, -0.05) is 72.9 Å². The van der Waals surface area contributed by atoms with E-state index in [1.165, 1.54) is 0 Å². The Bertz CT molecular complexity index is 1090. The monoisotopic (exact) mass is 360 g/mol. The van der Waals surface area contributed by atoms with Crippen molar-refractivity contribution in [2.75, 3.05) is 7.11 Å². The summed E-state index contributed by atoms with van der Waals surface area (Å²) in [5.41, 5.74) is 10.1. The summed E-state index contributed by atoms with van der Waals surface area (Å²) in [6.45, 7) is 0. The maximum Gasteiger partial charge on any atom is 0.231 e. The average Bonchev–Trinajstić information content (AvgIpc) is 3.06. The summed E-state index contributed by atoms with van der Waals surface area (Å²) in [6, 6.07) is 22.1. The third kappa shape index (κ3) is 2.72. The van der Waals surface area contributed by atoms with Gasteiger partial charge in [-0.2, -0.15) is 0 Å². The van der Waals surface area contributed by atoms with Gasteiger partial charge in [-0.15, -0.1) is 0 Å². The predicted molar refractivity (Wildman–Crippen MR) is 107 cm³/mol. The molecule has 0 fully saturated rings. The number of furan rings is 1. The second-order valence-electron chi connectivity index (χ2n) is 5.80. The van der Waals surface area contributed by atoms with Crippen LogP contribution in [0.3, 0.4) is 0 Å². The molecule has 4 rings (SSSR count). The number of benzene rings is 2. The molecule has 0 aliphatic rings. The highest BCUT2D eigenvalue weighted by Crippen LogP contribution is 2.39. The van der Waals surface area contributed by atoms with Crippen LogP contribution in [0.5, 0.6) is 5.75 Å². The van der Waals surface area contributed by atoms with Crippen LogP contribution in [0.4, 0.5) is 0 Å². The van der Waals surface area contributed by atoms with Crippen LogP contribution in [-0.4, -0.2) is 17.1 Å². The molecular weight excluding hydrogens is 344 g/mol. The first kappa shape index (κ1) is 16.3. The number of hydrogen-bond acceptors (Lipinski definition) is 4. The zero-order chi connectivity index (χ0) is 18.1. The van der Waals surface area contributed by atoms with Gasteiger partial charge < -0.3 is 14.9 Å². The highest BCUT2D eigenvalue weighted by Gasteiger charge is 2.21. The van der Waals surface area contributed by atoms with Crippen LogP contribution in [0, 0.1) is 0 Å². The number of rotatable bonds is 4. The van der Waals surface area contributed by atoms with Crippen LogP contribution in [0.1, 0.15) is 5.76 Å². The Morgan fingerprint density at radius 2 is 1.62 bits per heavy atom. The summed E-state index contributed by atoms with van der Waals surface area (Å²) < 4.78 is 11.3. The van der Waals surface area contributed by atoms with Crippen LogP contribution in [-0.2, 0) is 0 Å². The molecule has 0 radical (unpaired) electrons. The number of ether oxygens (including phenoxy) is 1. The van der Waals surface area contributed by atoms with Gasteiger partial charge in [0.05, 0.1) is 18.2 Å². The molecule has 4 nitrogen and oxygen atoms in total. The fourth-order valence-corrected chi connectivity index (χ4v) is 3.16. The van der Waals surface area contributed by atoms with Crippen LogP contribution in [0.25, 0.3) is 33.5 Å². The number of pyridine rings is 1. The Balaban J connectivity index is 2.07. The van der Waals surface area contributed by atoms with E-state index in [0.717, 1.165) is 27.8 Å². The lowest BCUT2D eigenvalue weighted by Crippen LogP contribution is -2.09. The Labute approximate surface area is 156 Å². The summed E-state index contributed by atoms with van der Waals surface area (Å²) in [7, 11) is 1.57. The van der Waals surface area contributed by atoms with Crippen molar-refractivity contribution in [3.8, 4) is 28.1 Å². The smallest absolute Gasteiger partial charge is 0.231 e. The molecule has 2 N–H and O–H groups in total. The number of hydrogen-bond donors (Lipinski definition) is 1. The van der Waals surface area contributed by atoms with Gasteiger partial charge in [0.25, 0.3) is 0 Å². The minimum Gasteiger partial charge on any atom is -0.492 e. The predicted octanol–water partition coefficient (Wildman–Crippen LogP) is 4.80. The molecule has 0 amide bonds. The minimum atomic E-state index is 0.141. The third-order valence-corrected chi connectivity index (χ3v) is 4.38. The van der Waals surface area contributed by atoms with E-state index in [-0.39, 0.29) is 4.99 Å². The van der Waals surface area contributed by atoms with Gasteiger partial charge >= 0.3 is 0 Å². The second-order valence-corrected chi connectivity index (χ2v) is 6.24. The maximum atomic E-state index is 5.80. The summed E-state index contributed by atoms with van der Waals surface area (Å²) in [4.78, 5) is 4.91. The molecule has 0 saturated carbocycles. The first-order valence-electron chi connectivity index (χ1n) is 8.11. The normalized spacial score (nSPS) is 10.8. The van der Waals surface area contributed by atoms with Gasteiger partial charge in [-0.05, 0) is 11.6 Å². The van der Waals surface area contributed by atoms with Crippen LogP contribution < -0.4 is 10.5 Å². The van der Waals surface area contributed by atoms with Crippen molar-refractivity contribution in [2.45, 2.75) is 0 Å². The lowest BCUT2D eigenvalue weighted by molar-refractivity contribution is 0.408. The molecule has 128 valence electrons. The molecule has 26 heavy (non-hydrogen) atoms. The van der Waals surface area contributed by atoms with Crippen molar-refractivity contribution < 1.29 is 9.15 Å². The summed E-state index contributed by atoms with van der Waals surface area (Å²) in [5.74, 6) is 0.853. The zero-order valence-corrected chi connectivity index (χ0v) is 14.9. The summed E-state index contributed by atoms with van der Waals surface area (Å²) >= 11 is 5.09. The standard InChI is InChI=1S/C21H16N2O2S/c1-24-18-16-12-15(13-8-4-2-5-9-13)17(14-10-6-3-7-11-14)23-21(16)25-19(18)20(22)26/h2-12H,1H3,(H2,22,26). The molecule has 2 heterocycles. The van der Waals surface area contributed by atoms with E-state index in [1.807, 2.05) is 54.6 Å². The highest BCUT2D eigenvalue weighted by atomic mass is 32.1. The lowest BCUT2D eigenvalue weighted by Gasteiger charge is -2.10. The molecule has 0 spiro atoms. The minimum absolute atomic E-state index is 0.141. The number of fused-ring (bicyclic) bond motifs is 1.